The Morgan fingerprint density at radius 1 is 0.297 bits per heavy atom. The molecule has 0 spiro atoms. The number of nitrogens with zero attached hydrogens (tertiary/aromatic N) is 1. The Morgan fingerprint density at radius 3 is 0.733 bits per heavy atom. The molecule has 0 rings (SSSR count). The molecule has 0 amide bonds. The number of carbonyl (C=O) groups is 2. The van der Waals surface area contributed by atoms with Gasteiger partial charge in [-0.15, -0.1) is 0 Å². The van der Waals surface area contributed by atoms with Gasteiger partial charge in [-0.2, -0.15) is 0 Å². The van der Waals surface area contributed by atoms with Crippen molar-refractivity contribution in [2.24, 2.45) is 0 Å². The van der Waals surface area contributed by atoms with Crippen molar-refractivity contribution in [1.29, 1.82) is 0 Å². The lowest BCUT2D eigenvalue weighted by atomic mass is 10.0. The van der Waals surface area contributed by atoms with Gasteiger partial charge in [-0.1, -0.05) is 469 Å². The molecule has 0 N–H and O–H groups in total. The smallest absolute Gasteiger partial charge is 0.306 e. The summed E-state index contributed by atoms with van der Waals surface area (Å²) in [6.07, 6.45) is 107. The number of carbonyl (C=O) groups excluding carboxylic acids is 2. The molecule has 0 saturated carbocycles. The van der Waals surface area contributed by atoms with Crippen molar-refractivity contribution in [2.75, 3.05) is 47.5 Å². The lowest BCUT2D eigenvalue weighted by molar-refractivity contribution is -0.870. The molecule has 0 aliphatic rings. The zero-order chi connectivity index (χ0) is 73.3. The van der Waals surface area contributed by atoms with Crippen molar-refractivity contribution < 1.29 is 42.1 Å². The number of unbranched alkanes of at least 4 members (excludes halogenated alkanes) is 72. The van der Waals surface area contributed by atoms with Crippen LogP contribution in [0.1, 0.15) is 508 Å². The van der Waals surface area contributed by atoms with Gasteiger partial charge in [0, 0.05) is 12.8 Å². The molecule has 0 aromatic rings. The number of allylic oxidation sites excluding steroid dienone is 2. The molecular formula is C91H180NO8P. The van der Waals surface area contributed by atoms with Crippen LogP contribution >= 0.6 is 7.82 Å². The lowest BCUT2D eigenvalue weighted by Crippen LogP contribution is -2.37. The minimum Gasteiger partial charge on any atom is -0.756 e. The Bertz CT molecular complexity index is 1700. The summed E-state index contributed by atoms with van der Waals surface area (Å²) in [6.45, 7) is 4.35. The molecule has 2 atom stereocenters. The quantitative estimate of drug-likeness (QED) is 0.0195. The zero-order valence-corrected chi connectivity index (χ0v) is 70.1. The van der Waals surface area contributed by atoms with Gasteiger partial charge >= 0.3 is 11.9 Å². The van der Waals surface area contributed by atoms with Crippen LogP contribution in [0.5, 0.6) is 0 Å². The minimum atomic E-state index is -4.64. The van der Waals surface area contributed by atoms with E-state index in [1.165, 1.54) is 443 Å². The molecule has 0 radical (unpaired) electrons. The molecule has 0 aromatic heterocycles. The summed E-state index contributed by atoms with van der Waals surface area (Å²) in [5.74, 6) is -0.799. The predicted molar refractivity (Wildman–Crippen MR) is 439 cm³/mol. The van der Waals surface area contributed by atoms with E-state index >= 15 is 0 Å². The van der Waals surface area contributed by atoms with Crippen LogP contribution in [-0.4, -0.2) is 70.0 Å². The molecule has 0 bridgehead atoms. The highest BCUT2D eigenvalue weighted by atomic mass is 31.2. The second-order valence-corrected chi connectivity index (χ2v) is 34.4. The highest BCUT2D eigenvalue weighted by molar-refractivity contribution is 7.45. The lowest BCUT2D eigenvalue weighted by Gasteiger charge is -2.28. The van der Waals surface area contributed by atoms with E-state index in [4.69, 9.17) is 18.5 Å². The summed E-state index contributed by atoms with van der Waals surface area (Å²) in [5, 5.41) is 0. The first-order valence-electron chi connectivity index (χ1n) is 45.9. The van der Waals surface area contributed by atoms with Gasteiger partial charge in [-0.05, 0) is 38.5 Å². The average Bonchev–Trinajstić information content (AvgIpc) is 0.973. The standard InChI is InChI=1S/C91H180NO8P/c1-6-8-10-12-14-16-18-20-22-24-26-28-30-32-34-36-38-40-42-44-46-48-50-52-54-56-58-60-62-64-66-68-70-72-74-76-78-80-82-84-91(94)100-89(88-99-101(95,96)98-86-85-92(3,4)5)87-97-90(93)83-81-79-77-75-73-71-69-67-65-63-61-59-57-55-53-51-49-47-45-43-41-39-37-35-33-31-29-27-25-23-21-19-17-15-13-11-9-7-2/h24,26,89H,6-23,25,27-88H2,1-5H3/b26-24-. The second kappa shape index (κ2) is 82.8. The largest absolute Gasteiger partial charge is 0.756 e. The molecule has 0 aromatic carbocycles. The van der Waals surface area contributed by atoms with Crippen LogP contribution in [0.2, 0.25) is 0 Å². The van der Waals surface area contributed by atoms with Crippen molar-refractivity contribution in [2.45, 2.75) is 514 Å². The Balaban J connectivity index is 3.81. The fourth-order valence-electron chi connectivity index (χ4n) is 14.5. The van der Waals surface area contributed by atoms with E-state index in [1.54, 1.807) is 0 Å². The third kappa shape index (κ3) is 87.6. The van der Waals surface area contributed by atoms with Crippen molar-refractivity contribution in [1.82, 2.24) is 0 Å². The maximum Gasteiger partial charge on any atom is 0.306 e. The zero-order valence-electron chi connectivity index (χ0n) is 69.2. The van der Waals surface area contributed by atoms with E-state index in [-0.39, 0.29) is 32.0 Å². The fraction of sp³-hybridized carbons (Fsp3) is 0.956. The van der Waals surface area contributed by atoms with Crippen LogP contribution in [0.25, 0.3) is 0 Å². The number of rotatable bonds is 88. The van der Waals surface area contributed by atoms with Gasteiger partial charge in [0.1, 0.15) is 19.8 Å². The van der Waals surface area contributed by atoms with Crippen molar-refractivity contribution in [3.63, 3.8) is 0 Å². The van der Waals surface area contributed by atoms with Gasteiger partial charge in [0.15, 0.2) is 6.10 Å². The van der Waals surface area contributed by atoms with E-state index in [1.807, 2.05) is 21.1 Å². The van der Waals surface area contributed by atoms with E-state index in [0.717, 1.165) is 32.1 Å². The molecule has 0 heterocycles. The molecule has 101 heavy (non-hydrogen) atoms. The van der Waals surface area contributed by atoms with Crippen molar-refractivity contribution in [3.8, 4) is 0 Å². The second-order valence-electron chi connectivity index (χ2n) is 33.0. The summed E-state index contributed by atoms with van der Waals surface area (Å²) in [5.41, 5.74) is 0. The number of ether oxygens (including phenoxy) is 2. The van der Waals surface area contributed by atoms with E-state index in [9.17, 15) is 19.0 Å². The fourth-order valence-corrected chi connectivity index (χ4v) is 15.3. The van der Waals surface area contributed by atoms with Crippen LogP contribution in [0.3, 0.4) is 0 Å². The number of quaternary nitrogens is 1. The summed E-state index contributed by atoms with van der Waals surface area (Å²) >= 11 is 0. The van der Waals surface area contributed by atoms with E-state index < -0.39 is 26.5 Å². The van der Waals surface area contributed by atoms with E-state index in [0.29, 0.717) is 17.4 Å². The summed E-state index contributed by atoms with van der Waals surface area (Å²) < 4.78 is 34.5. The number of phosphoric ester groups is 1. The molecular weight excluding hydrogens is 1270 g/mol. The average molecular weight is 1450 g/mol. The van der Waals surface area contributed by atoms with Gasteiger partial charge in [-0.25, -0.2) is 0 Å². The number of likely N-dealkylation sites (N-methyl/N-ethyl adjacent to an activating group) is 1. The maximum absolute atomic E-state index is 12.9. The first-order chi connectivity index (χ1) is 49.5. The summed E-state index contributed by atoms with van der Waals surface area (Å²) in [6, 6.07) is 0. The first kappa shape index (κ1) is 99.8. The molecule has 10 heteroatoms. The molecule has 0 fully saturated rings. The SMILES string of the molecule is CCCCCCCCCC/C=C\CCCCCCCCCCCCCCCCCCCCCCCCCCCCCC(=O)OC(COC(=O)CCCCCCCCCCCCCCCCCCCCCCCCCCCCCCCCCCCCCCCC)COP(=O)([O-])OCC[N+](C)(C)C. The summed E-state index contributed by atoms with van der Waals surface area (Å²) in [7, 11) is 1.20. The Labute approximate surface area is 632 Å². The van der Waals surface area contributed by atoms with Crippen LogP contribution in [0.15, 0.2) is 12.2 Å². The Hall–Kier alpha value is -1.25. The molecule has 9 nitrogen and oxygen atoms in total. The number of hydrogen-bond acceptors (Lipinski definition) is 8. The van der Waals surface area contributed by atoms with Crippen LogP contribution < -0.4 is 4.89 Å². The summed E-state index contributed by atoms with van der Waals surface area (Å²) in [4.78, 5) is 38.3. The van der Waals surface area contributed by atoms with Crippen molar-refractivity contribution in [3.05, 3.63) is 12.2 Å². The van der Waals surface area contributed by atoms with Crippen molar-refractivity contribution >= 4 is 19.8 Å². The third-order valence-electron chi connectivity index (χ3n) is 21.5. The van der Waals surface area contributed by atoms with Crippen LogP contribution in [-0.2, 0) is 32.7 Å². The van der Waals surface area contributed by atoms with Gasteiger partial charge in [0.05, 0.1) is 27.7 Å². The molecule has 0 aliphatic carbocycles. The number of hydrogen-bond donors (Lipinski definition) is 0. The number of phosphoric acid groups is 1. The topological polar surface area (TPSA) is 111 Å². The number of esters is 2. The molecule has 2 unspecified atom stereocenters. The highest BCUT2D eigenvalue weighted by Gasteiger charge is 2.22. The van der Waals surface area contributed by atoms with Crippen LogP contribution in [0, 0.1) is 0 Å². The Morgan fingerprint density at radius 2 is 0.505 bits per heavy atom. The van der Waals surface area contributed by atoms with Gasteiger partial charge < -0.3 is 27.9 Å². The maximum atomic E-state index is 12.9. The molecule has 0 aliphatic heterocycles. The van der Waals surface area contributed by atoms with Gasteiger partial charge in [0.2, 0.25) is 0 Å². The third-order valence-corrected chi connectivity index (χ3v) is 22.5. The highest BCUT2D eigenvalue weighted by Crippen LogP contribution is 2.38. The normalized spacial score (nSPS) is 12.9. The molecule has 0 saturated heterocycles. The first-order valence-corrected chi connectivity index (χ1v) is 47.4. The van der Waals surface area contributed by atoms with Gasteiger partial charge in [0.25, 0.3) is 7.82 Å². The predicted octanol–water partition coefficient (Wildman–Crippen LogP) is 30.3. The Kier molecular flexibility index (Phi) is 81.8. The van der Waals surface area contributed by atoms with Gasteiger partial charge in [-0.3, -0.25) is 14.2 Å². The van der Waals surface area contributed by atoms with E-state index in [2.05, 4.69) is 26.0 Å². The minimum absolute atomic E-state index is 0.0252. The monoisotopic (exact) mass is 1450 g/mol. The molecule has 602 valence electrons. The van der Waals surface area contributed by atoms with Crippen LogP contribution in [0.4, 0.5) is 0 Å².